The SMILES string of the molecule is CCC(NC(=O)c1cc(C2CC2)[nH]c(=O)c1)c1ccc(Cl)s1. The molecule has 116 valence electrons. The van der Waals surface area contributed by atoms with Crippen LogP contribution in [0.3, 0.4) is 0 Å². The molecule has 1 atom stereocenters. The van der Waals surface area contributed by atoms with Gasteiger partial charge < -0.3 is 10.3 Å². The van der Waals surface area contributed by atoms with Crippen LogP contribution in [0, 0.1) is 0 Å². The van der Waals surface area contributed by atoms with Crippen molar-refractivity contribution in [2.24, 2.45) is 0 Å². The van der Waals surface area contributed by atoms with E-state index in [2.05, 4.69) is 10.3 Å². The summed E-state index contributed by atoms with van der Waals surface area (Å²) in [5, 5.41) is 2.99. The van der Waals surface area contributed by atoms with Gasteiger partial charge in [0.05, 0.1) is 10.4 Å². The van der Waals surface area contributed by atoms with Crippen molar-refractivity contribution in [1.82, 2.24) is 10.3 Å². The third kappa shape index (κ3) is 3.42. The standard InChI is InChI=1S/C16H17ClN2O2S/c1-2-11(13-5-6-14(17)22-13)19-16(21)10-7-12(9-3-4-9)18-15(20)8-10/h5-9,11H,2-4H2,1H3,(H,18,20)(H,19,21). The molecule has 1 unspecified atom stereocenters. The van der Waals surface area contributed by atoms with E-state index in [9.17, 15) is 9.59 Å². The topological polar surface area (TPSA) is 62.0 Å². The van der Waals surface area contributed by atoms with Crippen LogP contribution in [0.2, 0.25) is 4.34 Å². The minimum absolute atomic E-state index is 0.0892. The number of carbonyl (C=O) groups excluding carboxylic acids is 1. The van der Waals surface area contributed by atoms with E-state index >= 15 is 0 Å². The van der Waals surface area contributed by atoms with E-state index in [1.165, 1.54) is 17.4 Å². The van der Waals surface area contributed by atoms with Gasteiger partial charge in [0, 0.05) is 22.2 Å². The fraction of sp³-hybridized carbons (Fsp3) is 0.375. The van der Waals surface area contributed by atoms with Gasteiger partial charge in [-0.25, -0.2) is 0 Å². The van der Waals surface area contributed by atoms with Crippen molar-refractivity contribution in [1.29, 1.82) is 0 Å². The highest BCUT2D eigenvalue weighted by atomic mass is 35.5. The lowest BCUT2D eigenvalue weighted by Crippen LogP contribution is -2.28. The second kappa shape index (κ2) is 6.26. The van der Waals surface area contributed by atoms with Crippen LogP contribution >= 0.6 is 22.9 Å². The third-order valence-electron chi connectivity index (χ3n) is 3.80. The molecule has 0 aromatic carbocycles. The quantitative estimate of drug-likeness (QED) is 0.871. The summed E-state index contributed by atoms with van der Waals surface area (Å²) >= 11 is 7.42. The number of rotatable bonds is 5. The second-order valence-electron chi connectivity index (χ2n) is 5.54. The molecule has 4 nitrogen and oxygen atoms in total. The molecule has 1 aliphatic rings. The van der Waals surface area contributed by atoms with E-state index in [0.29, 0.717) is 15.8 Å². The molecule has 0 radical (unpaired) electrons. The van der Waals surface area contributed by atoms with Gasteiger partial charge in [-0.05, 0) is 43.4 Å². The molecule has 0 saturated heterocycles. The average molecular weight is 337 g/mol. The Kier molecular flexibility index (Phi) is 4.36. The summed E-state index contributed by atoms with van der Waals surface area (Å²) in [7, 11) is 0. The molecule has 0 bridgehead atoms. The van der Waals surface area contributed by atoms with Gasteiger partial charge in [-0.1, -0.05) is 18.5 Å². The zero-order valence-corrected chi connectivity index (χ0v) is 13.8. The van der Waals surface area contributed by atoms with Gasteiger partial charge in [0.15, 0.2) is 0 Å². The molecule has 22 heavy (non-hydrogen) atoms. The lowest BCUT2D eigenvalue weighted by molar-refractivity contribution is 0.0936. The number of thiophene rings is 1. The van der Waals surface area contributed by atoms with Gasteiger partial charge in [0.1, 0.15) is 0 Å². The summed E-state index contributed by atoms with van der Waals surface area (Å²) in [6, 6.07) is 6.82. The first kappa shape index (κ1) is 15.3. The highest BCUT2D eigenvalue weighted by Crippen LogP contribution is 2.38. The van der Waals surface area contributed by atoms with Crippen LogP contribution in [0.25, 0.3) is 0 Å². The van der Waals surface area contributed by atoms with Crippen LogP contribution in [-0.2, 0) is 0 Å². The Balaban J connectivity index is 1.79. The summed E-state index contributed by atoms with van der Waals surface area (Å²) < 4.78 is 0.704. The maximum Gasteiger partial charge on any atom is 0.252 e. The molecule has 0 aliphatic heterocycles. The van der Waals surface area contributed by atoms with Gasteiger partial charge >= 0.3 is 0 Å². The molecule has 1 saturated carbocycles. The number of hydrogen-bond acceptors (Lipinski definition) is 3. The lowest BCUT2D eigenvalue weighted by atomic mass is 10.1. The fourth-order valence-corrected chi connectivity index (χ4v) is 3.64. The molecular formula is C16H17ClN2O2S. The fourth-order valence-electron chi connectivity index (χ4n) is 2.44. The predicted octanol–water partition coefficient (Wildman–Crippen LogP) is 3.85. The summed E-state index contributed by atoms with van der Waals surface area (Å²) in [5.74, 6) is 0.183. The third-order valence-corrected chi connectivity index (χ3v) is 5.14. The van der Waals surface area contributed by atoms with Crippen molar-refractivity contribution >= 4 is 28.8 Å². The molecule has 6 heteroatoms. The van der Waals surface area contributed by atoms with Crippen LogP contribution in [0.5, 0.6) is 0 Å². The predicted molar refractivity (Wildman–Crippen MR) is 88.9 cm³/mol. The first-order valence-corrected chi connectivity index (χ1v) is 8.56. The average Bonchev–Trinajstić information content (AvgIpc) is 3.26. The molecule has 0 spiro atoms. The number of hydrogen-bond donors (Lipinski definition) is 2. The van der Waals surface area contributed by atoms with Gasteiger partial charge in [-0.2, -0.15) is 0 Å². The van der Waals surface area contributed by atoms with Crippen LogP contribution in [-0.4, -0.2) is 10.9 Å². The number of aromatic amines is 1. The molecule has 2 N–H and O–H groups in total. The molecule has 2 aromatic heterocycles. The zero-order valence-electron chi connectivity index (χ0n) is 12.2. The summed E-state index contributed by atoms with van der Waals surface area (Å²) in [5.41, 5.74) is 1.07. The molecule has 1 amide bonds. The smallest absolute Gasteiger partial charge is 0.252 e. The van der Waals surface area contributed by atoms with Gasteiger partial charge in [-0.3, -0.25) is 9.59 Å². The van der Waals surface area contributed by atoms with Crippen LogP contribution in [0.1, 0.15) is 59.1 Å². The Bertz CT molecular complexity index is 749. The Morgan fingerprint density at radius 1 is 1.45 bits per heavy atom. The summed E-state index contributed by atoms with van der Waals surface area (Å²) in [6.07, 6.45) is 2.92. The number of nitrogens with one attached hydrogen (secondary N) is 2. The summed E-state index contributed by atoms with van der Waals surface area (Å²) in [4.78, 5) is 28.0. The van der Waals surface area contributed by atoms with Crippen molar-refractivity contribution in [3.05, 3.63) is 55.1 Å². The Morgan fingerprint density at radius 3 is 2.82 bits per heavy atom. The first-order valence-electron chi connectivity index (χ1n) is 7.37. The van der Waals surface area contributed by atoms with E-state index in [1.807, 2.05) is 19.1 Å². The lowest BCUT2D eigenvalue weighted by Gasteiger charge is -2.15. The number of carbonyl (C=O) groups is 1. The molecular weight excluding hydrogens is 320 g/mol. The molecule has 1 fully saturated rings. The van der Waals surface area contributed by atoms with Crippen molar-refractivity contribution in [2.45, 2.75) is 38.1 Å². The van der Waals surface area contributed by atoms with Crippen LogP contribution in [0.15, 0.2) is 29.1 Å². The summed E-state index contributed by atoms with van der Waals surface area (Å²) in [6.45, 7) is 2.01. The monoisotopic (exact) mass is 336 g/mol. The van der Waals surface area contributed by atoms with Crippen molar-refractivity contribution in [3.63, 3.8) is 0 Å². The minimum Gasteiger partial charge on any atom is -0.344 e. The molecule has 1 aliphatic carbocycles. The van der Waals surface area contributed by atoms with E-state index in [4.69, 9.17) is 11.6 Å². The van der Waals surface area contributed by atoms with E-state index < -0.39 is 0 Å². The highest BCUT2D eigenvalue weighted by Gasteiger charge is 2.26. The zero-order chi connectivity index (χ0) is 15.7. The maximum absolute atomic E-state index is 12.4. The van der Waals surface area contributed by atoms with Gasteiger partial charge in [0.2, 0.25) is 5.56 Å². The number of H-pyrrole nitrogens is 1. The van der Waals surface area contributed by atoms with E-state index in [-0.39, 0.29) is 17.5 Å². The maximum atomic E-state index is 12.4. The number of halogens is 1. The van der Waals surface area contributed by atoms with Crippen molar-refractivity contribution < 1.29 is 4.79 Å². The Labute approximate surface area is 137 Å². The van der Waals surface area contributed by atoms with Crippen LogP contribution < -0.4 is 10.9 Å². The number of amides is 1. The van der Waals surface area contributed by atoms with E-state index in [1.54, 1.807) is 6.07 Å². The minimum atomic E-state index is -0.221. The Hall–Kier alpha value is -1.59. The normalized spacial score (nSPS) is 15.5. The first-order chi connectivity index (χ1) is 10.6. The molecule has 2 aromatic rings. The number of aromatic nitrogens is 1. The Morgan fingerprint density at radius 2 is 2.23 bits per heavy atom. The van der Waals surface area contributed by atoms with E-state index in [0.717, 1.165) is 29.8 Å². The highest BCUT2D eigenvalue weighted by molar-refractivity contribution is 7.16. The van der Waals surface area contributed by atoms with Gasteiger partial charge in [-0.15, -0.1) is 11.3 Å². The van der Waals surface area contributed by atoms with Crippen molar-refractivity contribution in [2.75, 3.05) is 0 Å². The van der Waals surface area contributed by atoms with Crippen LogP contribution in [0.4, 0.5) is 0 Å². The number of pyridine rings is 1. The second-order valence-corrected chi connectivity index (χ2v) is 7.29. The largest absolute Gasteiger partial charge is 0.344 e. The van der Waals surface area contributed by atoms with Gasteiger partial charge in [0.25, 0.3) is 5.91 Å². The molecule has 2 heterocycles. The van der Waals surface area contributed by atoms with Crippen molar-refractivity contribution in [3.8, 4) is 0 Å². The molecule has 3 rings (SSSR count).